The van der Waals surface area contributed by atoms with E-state index in [0.29, 0.717) is 22.9 Å². The molecule has 212 valence electrons. The van der Waals surface area contributed by atoms with Gasteiger partial charge in [-0.2, -0.15) is 0 Å². The van der Waals surface area contributed by atoms with Gasteiger partial charge in [0.05, 0.1) is 25.7 Å². The fraction of sp³-hybridized carbons (Fsp3) is 0.441. The minimum atomic E-state index is -0.315. The van der Waals surface area contributed by atoms with E-state index in [0.717, 1.165) is 41.3 Å². The fourth-order valence-electron chi connectivity index (χ4n) is 6.11. The quantitative estimate of drug-likeness (QED) is 0.264. The first-order valence-corrected chi connectivity index (χ1v) is 15.0. The molecule has 3 aromatic rings. The SMILES string of the molecule is CCC(C)Oc1cc2c(cc1OC)CC(=O)N(c1ccc(N(C)CC3CCCCC3)cc1)C2c1ccc(Cl)cc1. The lowest BCUT2D eigenvalue weighted by Gasteiger charge is -2.38. The van der Waals surface area contributed by atoms with Gasteiger partial charge in [-0.3, -0.25) is 4.79 Å². The van der Waals surface area contributed by atoms with Crippen molar-refractivity contribution in [1.82, 2.24) is 0 Å². The van der Waals surface area contributed by atoms with E-state index in [1.54, 1.807) is 7.11 Å². The Morgan fingerprint density at radius 1 is 1.00 bits per heavy atom. The van der Waals surface area contributed by atoms with E-state index in [-0.39, 0.29) is 18.1 Å². The standard InChI is InChI=1S/C34H41ClN2O3/c1-5-23(2)40-32-21-30-26(19-31(32)39-4)20-33(38)37(34(30)25-11-13-27(35)14-12-25)29-17-15-28(16-18-29)36(3)22-24-9-7-6-8-10-24/h11-19,21,23-24,34H,5-10,20,22H2,1-4H3. The summed E-state index contributed by atoms with van der Waals surface area (Å²) in [4.78, 5) is 18.1. The first-order chi connectivity index (χ1) is 19.4. The van der Waals surface area contributed by atoms with Crippen molar-refractivity contribution in [2.45, 2.75) is 70.9 Å². The molecule has 40 heavy (non-hydrogen) atoms. The third-order valence-electron chi connectivity index (χ3n) is 8.50. The molecule has 6 heteroatoms. The third-order valence-corrected chi connectivity index (χ3v) is 8.75. The second-order valence-corrected chi connectivity index (χ2v) is 11.8. The van der Waals surface area contributed by atoms with Crippen LogP contribution in [-0.4, -0.2) is 32.7 Å². The summed E-state index contributed by atoms with van der Waals surface area (Å²) in [6, 6.07) is 20.0. The molecule has 0 radical (unpaired) electrons. The van der Waals surface area contributed by atoms with Crippen LogP contribution in [0.2, 0.25) is 5.02 Å². The minimum Gasteiger partial charge on any atom is -0.493 e. The van der Waals surface area contributed by atoms with E-state index in [9.17, 15) is 4.79 Å². The molecule has 1 aliphatic carbocycles. The summed E-state index contributed by atoms with van der Waals surface area (Å²) in [6.07, 6.45) is 7.92. The molecule has 0 N–H and O–H groups in total. The van der Waals surface area contributed by atoms with E-state index in [1.165, 1.54) is 37.8 Å². The zero-order chi connectivity index (χ0) is 28.2. The molecular formula is C34H41ClN2O3. The lowest BCUT2D eigenvalue weighted by molar-refractivity contribution is -0.118. The maximum absolute atomic E-state index is 13.8. The number of halogens is 1. The summed E-state index contributed by atoms with van der Waals surface area (Å²) in [5.41, 5.74) is 5.05. The Hall–Kier alpha value is -3.18. The maximum Gasteiger partial charge on any atom is 0.232 e. The first kappa shape index (κ1) is 28.4. The van der Waals surface area contributed by atoms with Gasteiger partial charge in [-0.05, 0) is 97.3 Å². The number of methoxy groups -OCH3 is 1. The molecule has 5 rings (SSSR count). The van der Waals surface area contributed by atoms with Crippen molar-refractivity contribution in [3.05, 3.63) is 82.4 Å². The number of anilines is 2. The summed E-state index contributed by atoms with van der Waals surface area (Å²) in [7, 11) is 3.82. The Kier molecular flexibility index (Phi) is 8.90. The number of benzene rings is 3. The summed E-state index contributed by atoms with van der Waals surface area (Å²) >= 11 is 6.27. The molecule has 0 bridgehead atoms. The molecular weight excluding hydrogens is 520 g/mol. The van der Waals surface area contributed by atoms with Crippen LogP contribution in [0.25, 0.3) is 0 Å². The van der Waals surface area contributed by atoms with Crippen molar-refractivity contribution in [3.8, 4) is 11.5 Å². The summed E-state index contributed by atoms with van der Waals surface area (Å²) < 4.78 is 12.0. The molecule has 2 aliphatic rings. The Labute approximate surface area is 244 Å². The minimum absolute atomic E-state index is 0.0420. The second-order valence-electron chi connectivity index (χ2n) is 11.3. The average Bonchev–Trinajstić information content (AvgIpc) is 2.97. The normalized spacial score (nSPS) is 18.3. The average molecular weight is 561 g/mol. The first-order valence-electron chi connectivity index (χ1n) is 14.6. The number of ether oxygens (including phenoxy) is 2. The summed E-state index contributed by atoms with van der Waals surface area (Å²) in [5, 5.41) is 0.665. The van der Waals surface area contributed by atoms with Gasteiger partial charge in [0.2, 0.25) is 5.91 Å². The fourth-order valence-corrected chi connectivity index (χ4v) is 6.23. The molecule has 2 unspecified atom stereocenters. The topological polar surface area (TPSA) is 42.0 Å². The number of carbonyl (C=O) groups excluding carboxylic acids is 1. The Bertz CT molecular complexity index is 1300. The number of rotatable bonds is 9. The molecule has 1 amide bonds. The molecule has 3 aromatic carbocycles. The van der Waals surface area contributed by atoms with Crippen LogP contribution in [0.1, 0.15) is 75.1 Å². The molecule has 0 aromatic heterocycles. The molecule has 2 atom stereocenters. The van der Waals surface area contributed by atoms with Crippen molar-refractivity contribution in [3.63, 3.8) is 0 Å². The lowest BCUT2D eigenvalue weighted by Crippen LogP contribution is -2.41. The highest BCUT2D eigenvalue weighted by Crippen LogP contribution is 2.44. The molecule has 1 saturated carbocycles. The highest BCUT2D eigenvalue weighted by Gasteiger charge is 2.36. The van der Waals surface area contributed by atoms with Crippen LogP contribution < -0.4 is 19.3 Å². The largest absolute Gasteiger partial charge is 0.493 e. The van der Waals surface area contributed by atoms with Crippen molar-refractivity contribution >= 4 is 28.9 Å². The number of hydrogen-bond acceptors (Lipinski definition) is 4. The highest BCUT2D eigenvalue weighted by atomic mass is 35.5. The van der Waals surface area contributed by atoms with Gasteiger partial charge in [-0.15, -0.1) is 0 Å². The van der Waals surface area contributed by atoms with E-state index >= 15 is 0 Å². The van der Waals surface area contributed by atoms with Gasteiger partial charge < -0.3 is 19.3 Å². The molecule has 5 nitrogen and oxygen atoms in total. The second kappa shape index (κ2) is 12.6. The maximum atomic E-state index is 13.8. The van der Waals surface area contributed by atoms with Gasteiger partial charge in [0.25, 0.3) is 0 Å². The molecule has 1 aliphatic heterocycles. The molecule has 1 fully saturated rings. The summed E-state index contributed by atoms with van der Waals surface area (Å²) in [5.74, 6) is 2.16. The smallest absolute Gasteiger partial charge is 0.232 e. The monoisotopic (exact) mass is 560 g/mol. The Morgan fingerprint density at radius 2 is 1.70 bits per heavy atom. The number of amides is 1. The van der Waals surface area contributed by atoms with Crippen molar-refractivity contribution in [2.24, 2.45) is 5.92 Å². The van der Waals surface area contributed by atoms with E-state index in [4.69, 9.17) is 21.1 Å². The van der Waals surface area contributed by atoms with Gasteiger partial charge in [-0.1, -0.05) is 49.9 Å². The van der Waals surface area contributed by atoms with Crippen LogP contribution in [-0.2, 0) is 11.2 Å². The summed E-state index contributed by atoms with van der Waals surface area (Å²) in [6.45, 7) is 5.23. The molecule has 1 heterocycles. The van der Waals surface area contributed by atoms with Crippen LogP contribution >= 0.6 is 11.6 Å². The predicted octanol–water partition coefficient (Wildman–Crippen LogP) is 8.22. The lowest BCUT2D eigenvalue weighted by atomic mass is 9.86. The number of carbonyl (C=O) groups is 1. The Balaban J connectivity index is 1.51. The van der Waals surface area contributed by atoms with Crippen LogP contribution in [0.15, 0.2) is 60.7 Å². The van der Waals surface area contributed by atoms with Gasteiger partial charge in [0.15, 0.2) is 11.5 Å². The zero-order valence-electron chi connectivity index (χ0n) is 24.2. The van der Waals surface area contributed by atoms with Crippen molar-refractivity contribution in [2.75, 3.05) is 30.5 Å². The highest BCUT2D eigenvalue weighted by molar-refractivity contribution is 6.30. The molecule has 0 spiro atoms. The van der Waals surface area contributed by atoms with Gasteiger partial charge in [0.1, 0.15) is 0 Å². The Morgan fingerprint density at radius 3 is 2.35 bits per heavy atom. The van der Waals surface area contributed by atoms with Crippen LogP contribution in [0.5, 0.6) is 11.5 Å². The van der Waals surface area contributed by atoms with Crippen molar-refractivity contribution in [1.29, 1.82) is 0 Å². The molecule has 0 saturated heterocycles. The number of hydrogen-bond donors (Lipinski definition) is 0. The number of fused-ring (bicyclic) bond motifs is 1. The van der Waals surface area contributed by atoms with E-state index < -0.39 is 0 Å². The van der Waals surface area contributed by atoms with Crippen LogP contribution in [0, 0.1) is 5.92 Å². The number of nitrogens with zero attached hydrogens (tertiary/aromatic N) is 2. The van der Waals surface area contributed by atoms with Gasteiger partial charge in [-0.25, -0.2) is 0 Å². The van der Waals surface area contributed by atoms with E-state index in [2.05, 4.69) is 56.1 Å². The van der Waals surface area contributed by atoms with Gasteiger partial charge >= 0.3 is 0 Å². The predicted molar refractivity (Wildman–Crippen MR) is 164 cm³/mol. The van der Waals surface area contributed by atoms with E-state index in [1.807, 2.05) is 35.2 Å². The zero-order valence-corrected chi connectivity index (χ0v) is 24.9. The van der Waals surface area contributed by atoms with Crippen LogP contribution in [0.4, 0.5) is 11.4 Å². The third kappa shape index (κ3) is 6.10. The van der Waals surface area contributed by atoms with Crippen LogP contribution in [0.3, 0.4) is 0 Å². The van der Waals surface area contributed by atoms with Crippen molar-refractivity contribution < 1.29 is 14.3 Å². The van der Waals surface area contributed by atoms with Gasteiger partial charge in [0, 0.05) is 30.0 Å².